The first kappa shape index (κ1) is 15.5. The van der Waals surface area contributed by atoms with Gasteiger partial charge in [-0.05, 0) is 36.1 Å². The molecule has 0 bridgehead atoms. The van der Waals surface area contributed by atoms with E-state index in [0.717, 1.165) is 12.1 Å². The largest absolute Gasteiger partial charge is 0.253 e. The molecule has 3 aromatic rings. The molecule has 0 saturated heterocycles. The first-order valence-corrected chi connectivity index (χ1v) is 8.48. The molecule has 1 heteroatoms. The monoisotopic (exact) mass is 301 g/mol. The second-order valence-corrected chi connectivity index (χ2v) is 5.92. The van der Waals surface area contributed by atoms with Crippen molar-refractivity contribution in [2.24, 2.45) is 0 Å². The van der Waals surface area contributed by atoms with E-state index in [-0.39, 0.29) is 0 Å². The summed E-state index contributed by atoms with van der Waals surface area (Å²) in [6.07, 6.45) is 4.76. The van der Waals surface area contributed by atoms with Gasteiger partial charge in [-0.15, -0.1) is 0 Å². The summed E-state index contributed by atoms with van der Waals surface area (Å²) >= 11 is 0. The van der Waals surface area contributed by atoms with Crippen molar-refractivity contribution in [3.63, 3.8) is 0 Å². The van der Waals surface area contributed by atoms with Crippen LogP contribution in [0.15, 0.2) is 72.8 Å². The fourth-order valence-electron chi connectivity index (χ4n) is 2.83. The topological polar surface area (TPSA) is 12.9 Å². The van der Waals surface area contributed by atoms with Crippen molar-refractivity contribution in [2.45, 2.75) is 32.6 Å². The number of hydrogen-bond donors (Lipinski definition) is 0. The van der Waals surface area contributed by atoms with Gasteiger partial charge >= 0.3 is 0 Å². The number of nitrogens with zero attached hydrogens (tertiary/aromatic N) is 1. The molecule has 0 fully saturated rings. The van der Waals surface area contributed by atoms with Crippen LogP contribution in [0.25, 0.3) is 22.4 Å². The number of benzene rings is 2. The molecule has 2 aromatic carbocycles. The van der Waals surface area contributed by atoms with Gasteiger partial charge in [0.2, 0.25) is 0 Å². The third kappa shape index (κ3) is 4.07. The minimum Gasteiger partial charge on any atom is -0.253 e. The Hall–Kier alpha value is -2.41. The summed E-state index contributed by atoms with van der Waals surface area (Å²) in [6, 6.07) is 25.5. The molecule has 0 amide bonds. The van der Waals surface area contributed by atoms with Crippen LogP contribution in [0.5, 0.6) is 0 Å². The van der Waals surface area contributed by atoms with Gasteiger partial charge in [0.1, 0.15) is 0 Å². The molecule has 1 nitrogen and oxygen atoms in total. The lowest BCUT2D eigenvalue weighted by molar-refractivity contribution is 0.708. The highest BCUT2D eigenvalue weighted by Crippen LogP contribution is 2.26. The van der Waals surface area contributed by atoms with Crippen LogP contribution in [0.4, 0.5) is 0 Å². The maximum absolute atomic E-state index is 4.90. The van der Waals surface area contributed by atoms with Gasteiger partial charge in [0, 0.05) is 11.3 Å². The van der Waals surface area contributed by atoms with E-state index in [1.54, 1.807) is 0 Å². The lowest BCUT2D eigenvalue weighted by Gasteiger charge is -2.10. The highest BCUT2D eigenvalue weighted by atomic mass is 14.7. The van der Waals surface area contributed by atoms with E-state index in [2.05, 4.69) is 73.7 Å². The molecule has 0 atom stereocenters. The second kappa shape index (κ2) is 7.73. The molecule has 0 N–H and O–H groups in total. The first-order valence-electron chi connectivity index (χ1n) is 8.48. The van der Waals surface area contributed by atoms with E-state index < -0.39 is 0 Å². The lowest BCUT2D eigenvalue weighted by Crippen LogP contribution is -1.95. The number of hydrogen-bond acceptors (Lipinski definition) is 1. The van der Waals surface area contributed by atoms with E-state index in [4.69, 9.17) is 4.98 Å². The summed E-state index contributed by atoms with van der Waals surface area (Å²) < 4.78 is 0. The summed E-state index contributed by atoms with van der Waals surface area (Å²) in [4.78, 5) is 4.90. The third-order valence-electron chi connectivity index (χ3n) is 4.09. The molecular weight excluding hydrogens is 278 g/mol. The normalized spacial score (nSPS) is 10.7. The molecule has 1 heterocycles. The zero-order chi connectivity index (χ0) is 15.9. The standard InChI is InChI=1S/C22H23N/c1-2-3-6-15-21-16-20(18-11-7-4-8-12-18)17-22(23-21)19-13-9-5-10-14-19/h4-5,7-14,16-17H,2-3,6,15H2,1H3. The van der Waals surface area contributed by atoms with E-state index in [1.807, 2.05) is 6.07 Å². The van der Waals surface area contributed by atoms with Gasteiger partial charge in [-0.2, -0.15) is 0 Å². The van der Waals surface area contributed by atoms with Gasteiger partial charge in [0.25, 0.3) is 0 Å². The summed E-state index contributed by atoms with van der Waals surface area (Å²) in [6.45, 7) is 2.24. The molecule has 0 saturated carbocycles. The van der Waals surface area contributed by atoms with Crippen molar-refractivity contribution < 1.29 is 0 Å². The zero-order valence-corrected chi connectivity index (χ0v) is 13.7. The minimum absolute atomic E-state index is 1.05. The Balaban J connectivity index is 2.00. The quantitative estimate of drug-likeness (QED) is 0.498. The van der Waals surface area contributed by atoms with Crippen LogP contribution < -0.4 is 0 Å². The maximum atomic E-state index is 4.90. The molecular formula is C22H23N. The maximum Gasteiger partial charge on any atom is 0.0711 e. The average Bonchev–Trinajstić information content (AvgIpc) is 2.63. The van der Waals surface area contributed by atoms with Crippen molar-refractivity contribution in [2.75, 3.05) is 0 Å². The van der Waals surface area contributed by atoms with Crippen molar-refractivity contribution >= 4 is 0 Å². The van der Waals surface area contributed by atoms with Gasteiger partial charge in [0.05, 0.1) is 5.69 Å². The summed E-state index contributed by atoms with van der Waals surface area (Å²) in [5, 5.41) is 0. The zero-order valence-electron chi connectivity index (χ0n) is 13.7. The molecule has 3 rings (SSSR count). The van der Waals surface area contributed by atoms with E-state index in [0.29, 0.717) is 0 Å². The molecule has 0 unspecified atom stereocenters. The molecule has 1 aromatic heterocycles. The number of aromatic nitrogens is 1. The van der Waals surface area contributed by atoms with E-state index in [9.17, 15) is 0 Å². The number of rotatable bonds is 6. The third-order valence-corrected chi connectivity index (χ3v) is 4.09. The Kier molecular flexibility index (Phi) is 5.21. The summed E-state index contributed by atoms with van der Waals surface area (Å²) in [5.41, 5.74) is 5.95. The van der Waals surface area contributed by atoms with Gasteiger partial charge < -0.3 is 0 Å². The van der Waals surface area contributed by atoms with Crippen LogP contribution in [0.3, 0.4) is 0 Å². The highest BCUT2D eigenvalue weighted by Gasteiger charge is 2.06. The van der Waals surface area contributed by atoms with Crippen molar-refractivity contribution in [3.05, 3.63) is 78.5 Å². The molecule has 23 heavy (non-hydrogen) atoms. The Bertz CT molecular complexity index is 675. The average molecular weight is 301 g/mol. The second-order valence-electron chi connectivity index (χ2n) is 5.92. The Morgan fingerprint density at radius 2 is 1.35 bits per heavy atom. The van der Waals surface area contributed by atoms with Crippen molar-refractivity contribution in [3.8, 4) is 22.4 Å². The molecule has 0 aliphatic rings. The number of pyridine rings is 1. The van der Waals surface area contributed by atoms with E-state index >= 15 is 0 Å². The molecule has 0 radical (unpaired) electrons. The lowest BCUT2D eigenvalue weighted by atomic mass is 10.0. The Labute approximate surface area is 139 Å². The summed E-state index contributed by atoms with van der Waals surface area (Å²) in [7, 11) is 0. The minimum atomic E-state index is 1.05. The smallest absolute Gasteiger partial charge is 0.0711 e. The van der Waals surface area contributed by atoms with Crippen molar-refractivity contribution in [1.82, 2.24) is 4.98 Å². The van der Waals surface area contributed by atoms with Gasteiger partial charge in [-0.25, -0.2) is 0 Å². The number of aryl methyl sites for hydroxylation is 1. The fourth-order valence-corrected chi connectivity index (χ4v) is 2.83. The van der Waals surface area contributed by atoms with Crippen LogP contribution in [-0.4, -0.2) is 4.98 Å². The predicted octanol–water partition coefficient (Wildman–Crippen LogP) is 6.15. The van der Waals surface area contributed by atoms with Gasteiger partial charge in [-0.1, -0.05) is 80.4 Å². The molecule has 0 aliphatic carbocycles. The van der Waals surface area contributed by atoms with Crippen LogP contribution in [-0.2, 0) is 6.42 Å². The van der Waals surface area contributed by atoms with Crippen LogP contribution in [0.1, 0.15) is 31.9 Å². The van der Waals surface area contributed by atoms with E-state index in [1.165, 1.54) is 41.6 Å². The van der Waals surface area contributed by atoms with Crippen LogP contribution in [0.2, 0.25) is 0 Å². The van der Waals surface area contributed by atoms with Gasteiger partial charge in [-0.3, -0.25) is 4.98 Å². The molecule has 0 spiro atoms. The van der Waals surface area contributed by atoms with Crippen LogP contribution >= 0.6 is 0 Å². The first-order chi connectivity index (χ1) is 11.4. The number of unbranched alkanes of at least 4 members (excludes halogenated alkanes) is 2. The fraction of sp³-hybridized carbons (Fsp3) is 0.227. The SMILES string of the molecule is CCCCCc1cc(-c2ccccc2)cc(-c2ccccc2)n1. The predicted molar refractivity (Wildman–Crippen MR) is 98.3 cm³/mol. The summed E-state index contributed by atoms with van der Waals surface area (Å²) in [5.74, 6) is 0. The van der Waals surface area contributed by atoms with Crippen LogP contribution in [0, 0.1) is 0 Å². The molecule has 116 valence electrons. The Morgan fingerprint density at radius 1 is 0.696 bits per heavy atom. The Morgan fingerprint density at radius 3 is 2.00 bits per heavy atom. The highest BCUT2D eigenvalue weighted by molar-refractivity contribution is 5.71. The van der Waals surface area contributed by atoms with Gasteiger partial charge in [0.15, 0.2) is 0 Å². The van der Waals surface area contributed by atoms with Crippen molar-refractivity contribution in [1.29, 1.82) is 0 Å². The molecule has 0 aliphatic heterocycles.